The lowest BCUT2D eigenvalue weighted by Crippen LogP contribution is -2.36. The lowest BCUT2D eigenvalue weighted by atomic mass is 9.76. The van der Waals surface area contributed by atoms with E-state index in [1.54, 1.807) is 0 Å². The highest BCUT2D eigenvalue weighted by atomic mass is 32.2. The fourth-order valence-corrected chi connectivity index (χ4v) is 3.40. The van der Waals surface area contributed by atoms with Crippen molar-refractivity contribution in [2.24, 2.45) is 17.1 Å². The molecule has 0 aromatic carbocycles. The molecule has 0 aromatic heterocycles. The topological polar surface area (TPSA) is 72.2 Å². The average Bonchev–Trinajstić information content (AvgIpc) is 2.53. The first kappa shape index (κ1) is 17.3. The minimum Gasteiger partial charge on any atom is -0.369 e. The summed E-state index contributed by atoms with van der Waals surface area (Å²) in [4.78, 5) is 22.4. The van der Waals surface area contributed by atoms with Crippen LogP contribution >= 0.6 is 11.8 Å². The van der Waals surface area contributed by atoms with Crippen molar-refractivity contribution in [3.8, 4) is 0 Å². The summed E-state index contributed by atoms with van der Waals surface area (Å²) < 4.78 is 0. The summed E-state index contributed by atoms with van der Waals surface area (Å²) >= 11 is 1.28. The van der Waals surface area contributed by atoms with E-state index in [1.807, 2.05) is 0 Å². The third-order valence-corrected chi connectivity index (χ3v) is 4.99. The molecule has 0 spiro atoms. The fraction of sp³-hybridized carbons (Fsp3) is 0.867. The van der Waals surface area contributed by atoms with Crippen molar-refractivity contribution in [1.82, 2.24) is 5.32 Å². The molecule has 1 rings (SSSR count). The van der Waals surface area contributed by atoms with Gasteiger partial charge in [-0.15, -0.1) is 11.8 Å². The van der Waals surface area contributed by atoms with Crippen LogP contribution in [0.3, 0.4) is 0 Å². The van der Waals surface area contributed by atoms with Crippen molar-refractivity contribution in [2.45, 2.75) is 58.9 Å². The van der Waals surface area contributed by atoms with Crippen LogP contribution in [0.25, 0.3) is 0 Å². The maximum Gasteiger partial charge on any atom is 0.230 e. The molecule has 2 amide bonds. The van der Waals surface area contributed by atoms with Crippen LogP contribution in [0, 0.1) is 11.3 Å². The van der Waals surface area contributed by atoms with Crippen LogP contribution in [0.1, 0.15) is 52.9 Å². The van der Waals surface area contributed by atoms with Crippen LogP contribution in [0.4, 0.5) is 0 Å². The van der Waals surface area contributed by atoms with Gasteiger partial charge in [-0.2, -0.15) is 0 Å². The molecule has 1 aliphatic carbocycles. The van der Waals surface area contributed by atoms with Gasteiger partial charge in [-0.1, -0.05) is 27.2 Å². The molecule has 0 bridgehead atoms. The second kappa shape index (κ2) is 7.91. The van der Waals surface area contributed by atoms with Crippen LogP contribution in [0.15, 0.2) is 0 Å². The average molecular weight is 300 g/mol. The number of hydrogen-bond acceptors (Lipinski definition) is 3. The predicted molar refractivity (Wildman–Crippen MR) is 84.5 cm³/mol. The molecule has 20 heavy (non-hydrogen) atoms. The third kappa shape index (κ3) is 6.64. The maximum absolute atomic E-state index is 11.8. The molecule has 0 heterocycles. The van der Waals surface area contributed by atoms with Gasteiger partial charge in [-0.05, 0) is 37.0 Å². The molecule has 1 saturated carbocycles. The highest BCUT2D eigenvalue weighted by molar-refractivity contribution is 8.00. The van der Waals surface area contributed by atoms with Crippen molar-refractivity contribution in [3.63, 3.8) is 0 Å². The van der Waals surface area contributed by atoms with Crippen LogP contribution < -0.4 is 11.1 Å². The summed E-state index contributed by atoms with van der Waals surface area (Å²) in [5.74, 6) is 0.932. The summed E-state index contributed by atoms with van der Waals surface area (Å²) in [6, 6.07) is 0.295. The number of rotatable bonds is 5. The Hall–Kier alpha value is -0.710. The van der Waals surface area contributed by atoms with E-state index in [1.165, 1.54) is 31.0 Å². The number of nitrogens with one attached hydrogen (secondary N) is 1. The molecule has 116 valence electrons. The van der Waals surface area contributed by atoms with Crippen molar-refractivity contribution in [1.29, 1.82) is 0 Å². The predicted octanol–water partition coefficient (Wildman–Crippen LogP) is 2.32. The molecular formula is C15H28N2O2S. The second-order valence-electron chi connectivity index (χ2n) is 6.79. The van der Waals surface area contributed by atoms with E-state index in [2.05, 4.69) is 26.1 Å². The molecule has 0 unspecified atom stereocenters. The van der Waals surface area contributed by atoms with Gasteiger partial charge in [0.05, 0.1) is 11.5 Å². The van der Waals surface area contributed by atoms with Gasteiger partial charge in [0, 0.05) is 6.04 Å². The highest BCUT2D eigenvalue weighted by Crippen LogP contribution is 2.36. The SMILES string of the molecule is CC(C)(C)[C@H]1CCC[C@@H](NC(=O)CSCC(N)=O)CC1. The Bertz CT molecular complexity index is 339. The molecule has 1 fully saturated rings. The number of nitrogens with two attached hydrogens (primary N) is 1. The molecule has 0 radical (unpaired) electrons. The van der Waals surface area contributed by atoms with E-state index in [0.29, 0.717) is 17.2 Å². The van der Waals surface area contributed by atoms with Gasteiger partial charge in [0.25, 0.3) is 0 Å². The molecule has 0 saturated heterocycles. The van der Waals surface area contributed by atoms with Gasteiger partial charge in [0.15, 0.2) is 0 Å². The zero-order valence-corrected chi connectivity index (χ0v) is 13.7. The minimum atomic E-state index is -0.370. The molecular weight excluding hydrogens is 272 g/mol. The summed E-state index contributed by atoms with van der Waals surface area (Å²) in [5.41, 5.74) is 5.41. The first-order valence-electron chi connectivity index (χ1n) is 7.44. The van der Waals surface area contributed by atoms with Gasteiger partial charge in [0.1, 0.15) is 0 Å². The first-order chi connectivity index (χ1) is 9.29. The third-order valence-electron chi connectivity index (χ3n) is 4.04. The van der Waals surface area contributed by atoms with Gasteiger partial charge in [0.2, 0.25) is 11.8 Å². The Morgan fingerprint density at radius 3 is 2.45 bits per heavy atom. The fourth-order valence-electron chi connectivity index (χ4n) is 2.83. The Kier molecular flexibility index (Phi) is 6.86. The van der Waals surface area contributed by atoms with Crippen LogP contribution in [0.2, 0.25) is 0 Å². The van der Waals surface area contributed by atoms with E-state index in [-0.39, 0.29) is 17.6 Å². The molecule has 0 aromatic rings. The standard InChI is InChI=1S/C15H28N2O2S/c1-15(2,3)11-5-4-6-12(8-7-11)17-14(19)10-20-9-13(16)18/h11-12H,4-10H2,1-3H3,(H2,16,18)(H,17,19)/t11-,12+/m0/s1. The Morgan fingerprint density at radius 1 is 1.15 bits per heavy atom. The van der Waals surface area contributed by atoms with Gasteiger partial charge in [-0.25, -0.2) is 0 Å². The quantitative estimate of drug-likeness (QED) is 0.765. The summed E-state index contributed by atoms with van der Waals surface area (Å²) in [6.45, 7) is 6.91. The second-order valence-corrected chi connectivity index (χ2v) is 7.78. The molecule has 1 aliphatic rings. The molecule has 5 heteroatoms. The summed E-state index contributed by atoms with van der Waals surface area (Å²) in [5, 5.41) is 3.09. The van der Waals surface area contributed by atoms with Crippen LogP contribution in [0.5, 0.6) is 0 Å². The molecule has 4 nitrogen and oxygen atoms in total. The van der Waals surface area contributed by atoms with Crippen LogP contribution in [-0.2, 0) is 9.59 Å². The van der Waals surface area contributed by atoms with Gasteiger partial charge < -0.3 is 11.1 Å². The number of carbonyl (C=O) groups excluding carboxylic acids is 2. The number of carbonyl (C=O) groups is 2. The molecule has 2 atom stereocenters. The lowest BCUT2D eigenvalue weighted by Gasteiger charge is -2.29. The van der Waals surface area contributed by atoms with Crippen molar-refractivity contribution in [2.75, 3.05) is 11.5 Å². The summed E-state index contributed by atoms with van der Waals surface area (Å²) in [6.07, 6.45) is 5.75. The molecule has 0 aliphatic heterocycles. The molecule has 3 N–H and O–H groups in total. The van der Waals surface area contributed by atoms with Crippen LogP contribution in [-0.4, -0.2) is 29.4 Å². The Labute approximate surface area is 126 Å². The zero-order chi connectivity index (χ0) is 15.2. The highest BCUT2D eigenvalue weighted by Gasteiger charge is 2.28. The number of amides is 2. The number of hydrogen-bond donors (Lipinski definition) is 2. The van der Waals surface area contributed by atoms with Crippen molar-refractivity contribution < 1.29 is 9.59 Å². The van der Waals surface area contributed by atoms with Gasteiger partial charge >= 0.3 is 0 Å². The van der Waals surface area contributed by atoms with E-state index < -0.39 is 0 Å². The van der Waals surface area contributed by atoms with E-state index in [9.17, 15) is 9.59 Å². The Morgan fingerprint density at radius 2 is 1.85 bits per heavy atom. The number of primary amides is 1. The van der Waals surface area contributed by atoms with Crippen molar-refractivity contribution >= 4 is 23.6 Å². The lowest BCUT2D eigenvalue weighted by molar-refractivity contribution is -0.119. The van der Waals surface area contributed by atoms with E-state index in [4.69, 9.17) is 5.73 Å². The van der Waals surface area contributed by atoms with Gasteiger partial charge in [-0.3, -0.25) is 9.59 Å². The van der Waals surface area contributed by atoms with E-state index >= 15 is 0 Å². The smallest absolute Gasteiger partial charge is 0.230 e. The number of thioether (sulfide) groups is 1. The normalized spacial score (nSPS) is 23.9. The summed E-state index contributed by atoms with van der Waals surface area (Å²) in [7, 11) is 0. The van der Waals surface area contributed by atoms with E-state index in [0.717, 1.165) is 18.8 Å². The minimum absolute atomic E-state index is 0.0236. The zero-order valence-electron chi connectivity index (χ0n) is 12.9. The first-order valence-corrected chi connectivity index (χ1v) is 8.60. The largest absolute Gasteiger partial charge is 0.369 e. The maximum atomic E-state index is 11.8. The van der Waals surface area contributed by atoms with Crippen molar-refractivity contribution in [3.05, 3.63) is 0 Å². The monoisotopic (exact) mass is 300 g/mol. The Balaban J connectivity index is 2.31.